The number of carbonyl (C=O) groups is 2. The highest BCUT2D eigenvalue weighted by molar-refractivity contribution is 6.30. The van der Waals surface area contributed by atoms with Crippen molar-refractivity contribution >= 4 is 29.4 Å². The van der Waals surface area contributed by atoms with Crippen molar-refractivity contribution in [3.8, 4) is 0 Å². The lowest BCUT2D eigenvalue weighted by Crippen LogP contribution is -2.36. The van der Waals surface area contributed by atoms with Gasteiger partial charge in [0.15, 0.2) is 0 Å². The number of benzene rings is 1. The van der Waals surface area contributed by atoms with Crippen LogP contribution >= 0.6 is 11.6 Å². The summed E-state index contributed by atoms with van der Waals surface area (Å²) >= 11 is 5.83. The maximum atomic E-state index is 11.9. The average molecular weight is 286 g/mol. The van der Waals surface area contributed by atoms with Gasteiger partial charge in [-0.05, 0) is 24.1 Å². The molecule has 1 N–H and O–H groups in total. The zero-order chi connectivity index (χ0) is 14.4. The summed E-state index contributed by atoms with van der Waals surface area (Å²) < 4.78 is 5.04. The number of nitrogens with zero attached hydrogens (tertiary/aromatic N) is 1. The van der Waals surface area contributed by atoms with Crippen molar-refractivity contribution < 1.29 is 19.4 Å². The van der Waals surface area contributed by atoms with Gasteiger partial charge in [0.05, 0.1) is 6.61 Å². The number of carboxylic acids is 1. The number of hydrogen-bond donors (Lipinski definition) is 1. The summed E-state index contributed by atoms with van der Waals surface area (Å²) in [5.41, 5.74) is 0.392. The molecule has 0 unspecified atom stereocenters. The van der Waals surface area contributed by atoms with E-state index in [1.807, 2.05) is 13.8 Å². The maximum absolute atomic E-state index is 11.9. The van der Waals surface area contributed by atoms with Crippen LogP contribution < -0.4 is 4.90 Å². The first-order valence-corrected chi connectivity index (χ1v) is 6.19. The molecule has 19 heavy (non-hydrogen) atoms. The third-order valence-electron chi connectivity index (χ3n) is 2.17. The molecule has 0 spiro atoms. The van der Waals surface area contributed by atoms with E-state index >= 15 is 0 Å². The lowest BCUT2D eigenvalue weighted by molar-refractivity contribution is -0.135. The number of hydrogen-bond acceptors (Lipinski definition) is 3. The topological polar surface area (TPSA) is 66.8 Å². The van der Waals surface area contributed by atoms with Crippen LogP contribution in [0.3, 0.4) is 0 Å². The fraction of sp³-hybridized carbons (Fsp3) is 0.385. The molecule has 1 aromatic rings. The summed E-state index contributed by atoms with van der Waals surface area (Å²) in [6.07, 6.45) is -0.696. The predicted molar refractivity (Wildman–Crippen MR) is 72.6 cm³/mol. The van der Waals surface area contributed by atoms with E-state index < -0.39 is 18.6 Å². The molecule has 0 saturated carbocycles. The van der Waals surface area contributed by atoms with Crippen molar-refractivity contribution in [3.63, 3.8) is 0 Å². The smallest absolute Gasteiger partial charge is 0.414 e. The minimum Gasteiger partial charge on any atom is -0.480 e. The molecule has 0 aliphatic heterocycles. The van der Waals surface area contributed by atoms with Crippen molar-refractivity contribution in [2.45, 2.75) is 13.8 Å². The molecule has 0 fully saturated rings. The van der Waals surface area contributed by atoms with Gasteiger partial charge in [0.2, 0.25) is 0 Å². The summed E-state index contributed by atoms with van der Waals surface area (Å²) in [5.74, 6) is -0.948. The van der Waals surface area contributed by atoms with Crippen LogP contribution in [0.5, 0.6) is 0 Å². The van der Waals surface area contributed by atoms with Crippen molar-refractivity contribution in [3.05, 3.63) is 29.3 Å². The average Bonchev–Trinajstić information content (AvgIpc) is 2.32. The normalized spacial score (nSPS) is 10.3. The fourth-order valence-electron chi connectivity index (χ4n) is 1.36. The Kier molecular flexibility index (Phi) is 5.63. The standard InChI is InChI=1S/C13H16ClNO4/c1-9(2)8-19-13(18)15(7-12(16)17)11-5-3-4-10(14)6-11/h3-6,9H,7-8H2,1-2H3,(H,16,17). The third-order valence-corrected chi connectivity index (χ3v) is 2.41. The van der Waals surface area contributed by atoms with E-state index in [1.165, 1.54) is 6.07 Å². The molecule has 0 heterocycles. The number of carbonyl (C=O) groups excluding carboxylic acids is 1. The van der Waals surface area contributed by atoms with E-state index in [1.54, 1.807) is 18.2 Å². The van der Waals surface area contributed by atoms with Crippen LogP contribution in [-0.4, -0.2) is 30.3 Å². The number of amides is 1. The molecule has 0 radical (unpaired) electrons. The SMILES string of the molecule is CC(C)COC(=O)N(CC(=O)O)c1cccc(Cl)c1. The van der Waals surface area contributed by atoms with E-state index in [9.17, 15) is 9.59 Å². The van der Waals surface area contributed by atoms with Gasteiger partial charge in [-0.25, -0.2) is 4.79 Å². The minimum absolute atomic E-state index is 0.176. The molecule has 0 atom stereocenters. The zero-order valence-electron chi connectivity index (χ0n) is 10.8. The molecule has 0 aliphatic carbocycles. The highest BCUT2D eigenvalue weighted by Gasteiger charge is 2.20. The fourth-order valence-corrected chi connectivity index (χ4v) is 1.54. The van der Waals surface area contributed by atoms with Crippen LogP contribution in [0.15, 0.2) is 24.3 Å². The summed E-state index contributed by atoms with van der Waals surface area (Å²) in [5, 5.41) is 9.28. The lowest BCUT2D eigenvalue weighted by atomic mass is 10.2. The highest BCUT2D eigenvalue weighted by Crippen LogP contribution is 2.20. The molecule has 6 heteroatoms. The van der Waals surface area contributed by atoms with Crippen molar-refractivity contribution in [1.29, 1.82) is 0 Å². The number of aliphatic carboxylic acids is 1. The number of ether oxygens (including phenoxy) is 1. The van der Waals surface area contributed by atoms with E-state index in [0.29, 0.717) is 10.7 Å². The van der Waals surface area contributed by atoms with Gasteiger partial charge >= 0.3 is 12.1 Å². The number of anilines is 1. The van der Waals surface area contributed by atoms with Crippen LogP contribution in [-0.2, 0) is 9.53 Å². The summed E-state index contributed by atoms with van der Waals surface area (Å²) in [4.78, 5) is 23.8. The molecule has 1 amide bonds. The zero-order valence-corrected chi connectivity index (χ0v) is 11.6. The van der Waals surface area contributed by atoms with Gasteiger partial charge in [0, 0.05) is 10.7 Å². The van der Waals surface area contributed by atoms with Gasteiger partial charge in [0.25, 0.3) is 0 Å². The Balaban J connectivity index is 2.88. The minimum atomic E-state index is -1.12. The molecule has 1 rings (SSSR count). The van der Waals surface area contributed by atoms with Crippen LogP contribution in [0.2, 0.25) is 5.02 Å². The molecule has 1 aromatic carbocycles. The number of halogens is 1. The number of carboxylic acid groups (broad SMARTS) is 1. The molecule has 0 aliphatic rings. The Bertz CT molecular complexity index is 462. The number of rotatable bonds is 5. The first-order chi connectivity index (χ1) is 8.90. The Morgan fingerprint density at radius 3 is 2.63 bits per heavy atom. The monoisotopic (exact) mass is 285 g/mol. The highest BCUT2D eigenvalue weighted by atomic mass is 35.5. The van der Waals surface area contributed by atoms with Gasteiger partial charge in [-0.3, -0.25) is 9.69 Å². The summed E-state index contributed by atoms with van der Waals surface area (Å²) in [6, 6.07) is 6.40. The molecule has 5 nitrogen and oxygen atoms in total. The third kappa shape index (κ3) is 5.18. The maximum Gasteiger partial charge on any atom is 0.414 e. The van der Waals surface area contributed by atoms with E-state index in [0.717, 1.165) is 4.90 Å². The largest absolute Gasteiger partial charge is 0.480 e. The molecule has 0 bridgehead atoms. The molecule has 0 aromatic heterocycles. The van der Waals surface area contributed by atoms with Gasteiger partial charge < -0.3 is 9.84 Å². The van der Waals surface area contributed by atoms with Gasteiger partial charge in [0.1, 0.15) is 6.54 Å². The second-order valence-corrected chi connectivity index (χ2v) is 4.87. The van der Waals surface area contributed by atoms with Crippen LogP contribution in [0.1, 0.15) is 13.8 Å². The Hall–Kier alpha value is -1.75. The first kappa shape index (κ1) is 15.3. The van der Waals surface area contributed by atoms with Crippen molar-refractivity contribution in [1.82, 2.24) is 0 Å². The van der Waals surface area contributed by atoms with Crippen LogP contribution in [0.4, 0.5) is 10.5 Å². The predicted octanol–water partition coefficient (Wildman–Crippen LogP) is 3.02. The molecule has 104 valence electrons. The summed E-state index contributed by atoms with van der Waals surface area (Å²) in [6.45, 7) is 3.55. The second-order valence-electron chi connectivity index (χ2n) is 4.43. The molecular weight excluding hydrogens is 270 g/mol. The van der Waals surface area contributed by atoms with Crippen molar-refractivity contribution in [2.75, 3.05) is 18.1 Å². The van der Waals surface area contributed by atoms with Gasteiger partial charge in [-0.15, -0.1) is 0 Å². The molecule has 0 saturated heterocycles. The van der Waals surface area contributed by atoms with E-state index in [-0.39, 0.29) is 12.5 Å². The van der Waals surface area contributed by atoms with Crippen molar-refractivity contribution in [2.24, 2.45) is 5.92 Å². The van der Waals surface area contributed by atoms with Crippen LogP contribution in [0.25, 0.3) is 0 Å². The Morgan fingerprint density at radius 1 is 1.42 bits per heavy atom. The first-order valence-electron chi connectivity index (χ1n) is 5.81. The summed E-state index contributed by atoms with van der Waals surface area (Å²) in [7, 11) is 0. The molecular formula is C13H16ClNO4. The van der Waals surface area contributed by atoms with E-state index in [4.69, 9.17) is 21.4 Å². The van der Waals surface area contributed by atoms with E-state index in [2.05, 4.69) is 0 Å². The van der Waals surface area contributed by atoms with Gasteiger partial charge in [-0.1, -0.05) is 31.5 Å². The second kappa shape index (κ2) is 6.99. The van der Waals surface area contributed by atoms with Gasteiger partial charge in [-0.2, -0.15) is 0 Å². The Morgan fingerprint density at radius 2 is 2.11 bits per heavy atom. The lowest BCUT2D eigenvalue weighted by Gasteiger charge is -2.21. The quantitative estimate of drug-likeness (QED) is 0.903. The Labute approximate surface area is 116 Å². The van der Waals surface area contributed by atoms with Crippen LogP contribution in [0, 0.1) is 5.92 Å².